The van der Waals surface area contributed by atoms with Crippen LogP contribution in [0.2, 0.25) is 0 Å². The van der Waals surface area contributed by atoms with Gasteiger partial charge in [-0.3, -0.25) is 0 Å². The summed E-state index contributed by atoms with van der Waals surface area (Å²) in [5, 5.41) is 6.64. The lowest BCUT2D eigenvalue weighted by Gasteiger charge is -2.11. The number of aromatic nitrogens is 2. The van der Waals surface area contributed by atoms with E-state index in [0.717, 1.165) is 17.2 Å². The number of hydrogen-bond donors (Lipinski definition) is 2. The predicted octanol–water partition coefficient (Wildman–Crippen LogP) is 4.66. The Hall–Kier alpha value is -3.14. The highest BCUT2D eigenvalue weighted by Crippen LogP contribution is 2.20. The third-order valence-corrected chi connectivity index (χ3v) is 3.74. The zero-order chi connectivity index (χ0) is 17.5. The Kier molecular flexibility index (Phi) is 5.42. The zero-order valence-corrected chi connectivity index (χ0v) is 14.4. The van der Waals surface area contributed by atoms with Crippen molar-refractivity contribution in [3.05, 3.63) is 84.4 Å². The third kappa shape index (κ3) is 4.67. The van der Waals surface area contributed by atoms with Crippen LogP contribution in [0, 0.1) is 6.92 Å². The minimum Gasteiger partial charge on any atom is -0.366 e. The SMILES string of the molecule is C=CCNc1cc(NCc2cccc(C)c2)nc(-c2ccccc2)n1. The number of nitrogens with zero attached hydrogens (tertiary/aromatic N) is 2. The second-order valence-corrected chi connectivity index (χ2v) is 5.84. The summed E-state index contributed by atoms with van der Waals surface area (Å²) < 4.78 is 0. The molecule has 2 aromatic carbocycles. The fourth-order valence-corrected chi connectivity index (χ4v) is 2.54. The van der Waals surface area contributed by atoms with Crippen molar-refractivity contribution >= 4 is 11.6 Å². The van der Waals surface area contributed by atoms with Crippen LogP contribution in [0.15, 0.2) is 73.3 Å². The first-order valence-electron chi connectivity index (χ1n) is 8.33. The fourth-order valence-electron chi connectivity index (χ4n) is 2.54. The van der Waals surface area contributed by atoms with Crippen LogP contribution < -0.4 is 10.6 Å². The summed E-state index contributed by atoms with van der Waals surface area (Å²) in [5.74, 6) is 2.27. The van der Waals surface area contributed by atoms with Gasteiger partial charge in [-0.2, -0.15) is 0 Å². The monoisotopic (exact) mass is 330 g/mol. The maximum Gasteiger partial charge on any atom is 0.163 e. The first-order valence-corrected chi connectivity index (χ1v) is 8.33. The van der Waals surface area contributed by atoms with E-state index in [2.05, 4.69) is 58.4 Å². The van der Waals surface area contributed by atoms with E-state index in [9.17, 15) is 0 Å². The summed E-state index contributed by atoms with van der Waals surface area (Å²) >= 11 is 0. The number of aryl methyl sites for hydroxylation is 1. The Balaban J connectivity index is 1.85. The van der Waals surface area contributed by atoms with E-state index in [1.54, 1.807) is 0 Å². The Morgan fingerprint density at radius 2 is 1.68 bits per heavy atom. The summed E-state index contributed by atoms with van der Waals surface area (Å²) in [6.07, 6.45) is 1.81. The van der Waals surface area contributed by atoms with Gasteiger partial charge in [-0.05, 0) is 12.5 Å². The molecule has 4 nitrogen and oxygen atoms in total. The molecule has 25 heavy (non-hydrogen) atoms. The fraction of sp³-hybridized carbons (Fsp3) is 0.143. The maximum absolute atomic E-state index is 4.66. The molecule has 0 aliphatic carbocycles. The highest BCUT2D eigenvalue weighted by molar-refractivity contribution is 5.61. The quantitative estimate of drug-likeness (QED) is 0.619. The molecule has 0 unspecified atom stereocenters. The molecule has 0 saturated heterocycles. The predicted molar refractivity (Wildman–Crippen MR) is 105 cm³/mol. The lowest BCUT2D eigenvalue weighted by molar-refractivity contribution is 1.08. The number of rotatable bonds is 7. The first kappa shape index (κ1) is 16.7. The van der Waals surface area contributed by atoms with E-state index >= 15 is 0 Å². The molecule has 1 aromatic heterocycles. The molecule has 0 radical (unpaired) electrons. The topological polar surface area (TPSA) is 49.8 Å². The molecule has 0 amide bonds. The average molecular weight is 330 g/mol. The van der Waals surface area contributed by atoms with Crippen LogP contribution in [-0.2, 0) is 6.54 Å². The summed E-state index contributed by atoms with van der Waals surface area (Å²) in [5.41, 5.74) is 3.46. The van der Waals surface area contributed by atoms with Crippen molar-refractivity contribution in [3.63, 3.8) is 0 Å². The van der Waals surface area contributed by atoms with Crippen LogP contribution >= 0.6 is 0 Å². The van der Waals surface area contributed by atoms with Crippen LogP contribution in [0.1, 0.15) is 11.1 Å². The molecule has 126 valence electrons. The van der Waals surface area contributed by atoms with E-state index in [-0.39, 0.29) is 0 Å². The lowest BCUT2D eigenvalue weighted by Crippen LogP contribution is -2.07. The van der Waals surface area contributed by atoms with Crippen LogP contribution in [-0.4, -0.2) is 16.5 Å². The highest BCUT2D eigenvalue weighted by atomic mass is 15.1. The lowest BCUT2D eigenvalue weighted by atomic mass is 10.1. The van der Waals surface area contributed by atoms with Crippen molar-refractivity contribution in [1.82, 2.24) is 9.97 Å². The molecule has 0 aliphatic heterocycles. The van der Waals surface area contributed by atoms with Gasteiger partial charge in [0.15, 0.2) is 5.82 Å². The van der Waals surface area contributed by atoms with E-state index in [1.807, 2.05) is 42.5 Å². The van der Waals surface area contributed by atoms with E-state index in [1.165, 1.54) is 11.1 Å². The van der Waals surface area contributed by atoms with E-state index in [4.69, 9.17) is 0 Å². The van der Waals surface area contributed by atoms with Gasteiger partial charge in [0.2, 0.25) is 0 Å². The van der Waals surface area contributed by atoms with Gasteiger partial charge < -0.3 is 10.6 Å². The van der Waals surface area contributed by atoms with Gasteiger partial charge in [0, 0.05) is 24.7 Å². The number of benzene rings is 2. The van der Waals surface area contributed by atoms with Gasteiger partial charge in [0.25, 0.3) is 0 Å². The van der Waals surface area contributed by atoms with Crippen LogP contribution in [0.5, 0.6) is 0 Å². The molecule has 4 heteroatoms. The number of anilines is 2. The van der Waals surface area contributed by atoms with Gasteiger partial charge in [-0.25, -0.2) is 9.97 Å². The molecule has 3 aromatic rings. The maximum atomic E-state index is 4.66. The van der Waals surface area contributed by atoms with Crippen molar-refractivity contribution < 1.29 is 0 Å². The van der Waals surface area contributed by atoms with Crippen molar-refractivity contribution in [2.45, 2.75) is 13.5 Å². The molecule has 0 saturated carbocycles. The van der Waals surface area contributed by atoms with Gasteiger partial charge >= 0.3 is 0 Å². The van der Waals surface area contributed by atoms with Crippen LogP contribution in [0.4, 0.5) is 11.6 Å². The summed E-state index contributed by atoms with van der Waals surface area (Å²) in [4.78, 5) is 9.26. The first-order chi connectivity index (χ1) is 12.2. The minimum absolute atomic E-state index is 0.655. The normalized spacial score (nSPS) is 10.3. The molecule has 0 aliphatic rings. The van der Waals surface area contributed by atoms with Gasteiger partial charge in [-0.1, -0.05) is 66.2 Å². The van der Waals surface area contributed by atoms with Crippen molar-refractivity contribution in [1.29, 1.82) is 0 Å². The molecular weight excluding hydrogens is 308 g/mol. The van der Waals surface area contributed by atoms with Crippen molar-refractivity contribution in [2.24, 2.45) is 0 Å². The second-order valence-electron chi connectivity index (χ2n) is 5.84. The zero-order valence-electron chi connectivity index (χ0n) is 14.4. The average Bonchev–Trinajstić information content (AvgIpc) is 2.65. The molecule has 0 atom stereocenters. The number of nitrogens with one attached hydrogen (secondary N) is 2. The molecular formula is C21H22N4. The Labute approximate surface area is 148 Å². The standard InChI is InChI=1S/C21H22N4/c1-3-12-22-19-14-20(23-15-17-9-7-8-16(2)13-17)25-21(24-19)18-10-5-4-6-11-18/h3-11,13-14H,1,12,15H2,2H3,(H2,22,23,24,25). The van der Waals surface area contributed by atoms with Crippen molar-refractivity contribution in [3.8, 4) is 11.4 Å². The van der Waals surface area contributed by atoms with Crippen molar-refractivity contribution in [2.75, 3.05) is 17.2 Å². The Morgan fingerprint density at radius 3 is 2.40 bits per heavy atom. The van der Waals surface area contributed by atoms with E-state index in [0.29, 0.717) is 18.9 Å². The van der Waals surface area contributed by atoms with Gasteiger partial charge in [0.05, 0.1) is 0 Å². The Bertz CT molecular complexity index is 844. The highest BCUT2D eigenvalue weighted by Gasteiger charge is 2.06. The molecule has 3 rings (SSSR count). The molecule has 0 bridgehead atoms. The molecule has 0 fully saturated rings. The number of hydrogen-bond acceptors (Lipinski definition) is 4. The Morgan fingerprint density at radius 1 is 0.920 bits per heavy atom. The van der Waals surface area contributed by atoms with Gasteiger partial charge in [-0.15, -0.1) is 6.58 Å². The summed E-state index contributed by atoms with van der Waals surface area (Å²) in [7, 11) is 0. The summed E-state index contributed by atoms with van der Waals surface area (Å²) in [6, 6.07) is 20.3. The molecule has 0 spiro atoms. The van der Waals surface area contributed by atoms with Crippen LogP contribution in [0.3, 0.4) is 0 Å². The molecule has 1 heterocycles. The van der Waals surface area contributed by atoms with Crippen LogP contribution in [0.25, 0.3) is 11.4 Å². The van der Waals surface area contributed by atoms with E-state index < -0.39 is 0 Å². The largest absolute Gasteiger partial charge is 0.366 e. The molecule has 2 N–H and O–H groups in total. The van der Waals surface area contributed by atoms with Gasteiger partial charge in [0.1, 0.15) is 11.6 Å². The third-order valence-electron chi connectivity index (χ3n) is 3.74. The smallest absolute Gasteiger partial charge is 0.163 e. The minimum atomic E-state index is 0.655. The summed E-state index contributed by atoms with van der Waals surface area (Å²) in [6.45, 7) is 7.21. The second kappa shape index (κ2) is 8.11.